The van der Waals surface area contributed by atoms with E-state index in [9.17, 15) is 18.0 Å². The number of alkyl halides is 3. The minimum absolute atomic E-state index is 0.133. The summed E-state index contributed by atoms with van der Waals surface area (Å²) in [7, 11) is -2.73. The van der Waals surface area contributed by atoms with Gasteiger partial charge in [-0.25, -0.2) is 5.84 Å². The molecule has 228 valence electrons. The van der Waals surface area contributed by atoms with Crippen molar-refractivity contribution in [3.8, 4) is 0 Å². The van der Waals surface area contributed by atoms with Gasteiger partial charge >= 0.3 is 6.18 Å². The molecule has 0 spiro atoms. The van der Waals surface area contributed by atoms with Gasteiger partial charge in [-0.15, -0.1) is 0 Å². The Hall–Kier alpha value is -2.98. The number of carbonyl (C=O) groups excluding carboxylic acids is 1. The lowest BCUT2D eigenvalue weighted by Gasteiger charge is -2.44. The van der Waals surface area contributed by atoms with E-state index in [1.54, 1.807) is 35.8 Å². The zero-order valence-corrected chi connectivity index (χ0v) is 25.9. The molecular formula is C33H43F3N2O3Si. The highest BCUT2D eigenvalue weighted by atomic mass is 28.4. The van der Waals surface area contributed by atoms with Gasteiger partial charge in [-0.05, 0) is 47.2 Å². The second-order valence-corrected chi connectivity index (χ2v) is 16.0. The molecule has 0 aliphatic rings. The van der Waals surface area contributed by atoms with Gasteiger partial charge in [0.05, 0.1) is 6.61 Å². The number of ether oxygens (including phenoxy) is 1. The van der Waals surface area contributed by atoms with Crippen molar-refractivity contribution in [1.82, 2.24) is 5.43 Å². The van der Waals surface area contributed by atoms with E-state index in [1.165, 1.54) is 10.4 Å². The molecule has 3 N–H and O–H groups in total. The van der Waals surface area contributed by atoms with Gasteiger partial charge in [-0.3, -0.25) is 10.2 Å². The summed E-state index contributed by atoms with van der Waals surface area (Å²) in [6.45, 7) is 8.29. The van der Waals surface area contributed by atoms with Crippen LogP contribution in [-0.2, 0) is 20.6 Å². The van der Waals surface area contributed by atoms with Gasteiger partial charge in [-0.2, -0.15) is 13.2 Å². The summed E-state index contributed by atoms with van der Waals surface area (Å²) in [5.74, 6) is 3.80. The fourth-order valence-electron chi connectivity index (χ4n) is 5.54. The van der Waals surface area contributed by atoms with Gasteiger partial charge in [0.25, 0.3) is 14.2 Å². The lowest BCUT2D eigenvalue weighted by atomic mass is 9.93. The van der Waals surface area contributed by atoms with Crippen molar-refractivity contribution >= 4 is 24.6 Å². The van der Waals surface area contributed by atoms with Crippen LogP contribution >= 0.6 is 0 Å². The van der Waals surface area contributed by atoms with Crippen molar-refractivity contribution in [2.45, 2.75) is 89.3 Å². The highest BCUT2D eigenvalue weighted by Gasteiger charge is 2.61. The summed E-state index contributed by atoms with van der Waals surface area (Å²) in [5.41, 5.74) is -0.821. The molecule has 1 amide bonds. The Labute approximate surface area is 248 Å². The Balaban J connectivity index is 1.71. The number of unbranched alkanes of at least 4 members (excludes halogenated alkanes) is 2. The van der Waals surface area contributed by atoms with E-state index in [-0.39, 0.29) is 24.2 Å². The minimum atomic E-state index is -4.94. The molecule has 0 aliphatic heterocycles. The lowest BCUT2D eigenvalue weighted by Crippen LogP contribution is -2.67. The number of hydrogen-bond acceptors (Lipinski definition) is 4. The molecule has 0 fully saturated rings. The van der Waals surface area contributed by atoms with Gasteiger partial charge in [0.15, 0.2) is 0 Å². The minimum Gasteiger partial charge on any atom is -0.405 e. The Morgan fingerprint density at radius 1 is 0.833 bits per heavy atom. The van der Waals surface area contributed by atoms with Gasteiger partial charge in [-0.1, -0.05) is 125 Å². The second kappa shape index (κ2) is 14.5. The standard InChI is InChI=1S/C33H43F3N2O3Si/c1-26(41-42(31(2,3)4,28-20-12-6-13-21-28)29-22-14-7-15-23-29)17-9-8-16-24-32(30(39)38-37,33(34,35)36)40-25-27-18-10-5-11-19-27/h5-7,10-15,18-23,26H,8-9,16-17,24-25,37H2,1-4H3,(H,38,39). The predicted molar refractivity (Wildman–Crippen MR) is 164 cm³/mol. The smallest absolute Gasteiger partial charge is 0.405 e. The average molecular weight is 601 g/mol. The van der Waals surface area contributed by atoms with Crippen LogP contribution in [0.3, 0.4) is 0 Å². The fourth-order valence-corrected chi connectivity index (χ4v) is 10.3. The molecule has 0 aliphatic carbocycles. The number of nitrogens with one attached hydrogen (secondary N) is 1. The van der Waals surface area contributed by atoms with Crippen LogP contribution in [0.1, 0.15) is 65.4 Å². The van der Waals surface area contributed by atoms with Crippen molar-refractivity contribution < 1.29 is 27.1 Å². The summed E-state index contributed by atoms with van der Waals surface area (Å²) in [4.78, 5) is 12.5. The molecule has 0 saturated heterocycles. The number of hydrogen-bond donors (Lipinski definition) is 2. The molecule has 5 nitrogen and oxygen atoms in total. The van der Waals surface area contributed by atoms with E-state index < -0.39 is 32.4 Å². The number of carbonyl (C=O) groups is 1. The third-order valence-corrected chi connectivity index (χ3v) is 12.9. The van der Waals surface area contributed by atoms with E-state index in [0.717, 1.165) is 0 Å². The van der Waals surface area contributed by atoms with Crippen LogP contribution in [0, 0.1) is 0 Å². The van der Waals surface area contributed by atoms with Crippen LogP contribution in [0.15, 0.2) is 91.0 Å². The Morgan fingerprint density at radius 2 is 1.33 bits per heavy atom. The summed E-state index contributed by atoms with van der Waals surface area (Å²) in [6, 6.07) is 29.1. The summed E-state index contributed by atoms with van der Waals surface area (Å²) in [6.07, 6.45) is -3.70. The number of hydrazine groups is 1. The van der Waals surface area contributed by atoms with E-state index >= 15 is 0 Å². The normalized spacial score (nSPS) is 14.7. The first-order valence-electron chi connectivity index (χ1n) is 14.4. The number of amides is 1. The third-order valence-electron chi connectivity index (χ3n) is 7.72. The van der Waals surface area contributed by atoms with Crippen molar-refractivity contribution in [1.29, 1.82) is 0 Å². The van der Waals surface area contributed by atoms with Crippen molar-refractivity contribution in [3.63, 3.8) is 0 Å². The molecule has 3 aromatic rings. The maximum Gasteiger partial charge on any atom is 0.426 e. The molecule has 42 heavy (non-hydrogen) atoms. The molecule has 0 heterocycles. The van der Waals surface area contributed by atoms with Crippen LogP contribution in [0.2, 0.25) is 5.04 Å². The van der Waals surface area contributed by atoms with E-state index in [2.05, 4.69) is 45.0 Å². The SMILES string of the molecule is CC(CCCCCC(OCc1ccccc1)(C(=O)NN)C(F)(F)F)O[Si](c1ccccc1)(c1ccccc1)C(C)(C)C. The molecule has 0 radical (unpaired) electrons. The van der Waals surface area contributed by atoms with Gasteiger partial charge in [0.1, 0.15) is 0 Å². The van der Waals surface area contributed by atoms with Crippen LogP contribution in [0.4, 0.5) is 13.2 Å². The van der Waals surface area contributed by atoms with Crippen LogP contribution in [0.25, 0.3) is 0 Å². The first-order valence-corrected chi connectivity index (χ1v) is 16.3. The average Bonchev–Trinajstić information content (AvgIpc) is 2.97. The first-order chi connectivity index (χ1) is 19.9. The summed E-state index contributed by atoms with van der Waals surface area (Å²) < 4.78 is 55.3. The van der Waals surface area contributed by atoms with Gasteiger partial charge in [0, 0.05) is 6.10 Å². The van der Waals surface area contributed by atoms with Crippen LogP contribution in [0.5, 0.6) is 0 Å². The lowest BCUT2D eigenvalue weighted by molar-refractivity contribution is -0.273. The van der Waals surface area contributed by atoms with Crippen LogP contribution < -0.4 is 21.6 Å². The molecular weight excluding hydrogens is 557 g/mol. The number of benzene rings is 3. The number of rotatable bonds is 14. The van der Waals surface area contributed by atoms with Crippen molar-refractivity contribution in [2.75, 3.05) is 0 Å². The zero-order valence-electron chi connectivity index (χ0n) is 24.9. The molecule has 3 rings (SSSR count). The Morgan fingerprint density at radius 3 is 1.79 bits per heavy atom. The fraction of sp³-hybridized carbons (Fsp3) is 0.424. The van der Waals surface area contributed by atoms with E-state index in [1.807, 2.05) is 43.3 Å². The molecule has 9 heteroatoms. The van der Waals surface area contributed by atoms with Crippen molar-refractivity contribution in [2.24, 2.45) is 5.84 Å². The highest BCUT2D eigenvalue weighted by Crippen LogP contribution is 2.40. The largest absolute Gasteiger partial charge is 0.426 e. The van der Waals surface area contributed by atoms with E-state index in [4.69, 9.17) is 15.0 Å². The number of nitrogens with two attached hydrogens (primary N) is 1. The summed E-state index contributed by atoms with van der Waals surface area (Å²) >= 11 is 0. The Kier molecular flexibility index (Phi) is 11.5. The molecule has 0 aromatic heterocycles. The predicted octanol–water partition coefficient (Wildman–Crippen LogP) is 6.41. The van der Waals surface area contributed by atoms with Crippen LogP contribution in [-0.4, -0.2) is 32.1 Å². The second-order valence-electron chi connectivity index (χ2n) is 11.8. The highest BCUT2D eigenvalue weighted by molar-refractivity contribution is 6.99. The first kappa shape index (κ1) is 33.5. The van der Waals surface area contributed by atoms with E-state index in [0.29, 0.717) is 24.8 Å². The maximum absolute atomic E-state index is 14.3. The van der Waals surface area contributed by atoms with Gasteiger partial charge < -0.3 is 9.16 Å². The third kappa shape index (κ3) is 7.69. The summed E-state index contributed by atoms with van der Waals surface area (Å²) in [5, 5.41) is 2.17. The molecule has 0 bridgehead atoms. The molecule has 2 atom stereocenters. The van der Waals surface area contributed by atoms with Crippen molar-refractivity contribution in [3.05, 3.63) is 96.6 Å². The quantitative estimate of drug-likeness (QED) is 0.0738. The molecule has 0 saturated carbocycles. The van der Waals surface area contributed by atoms with Gasteiger partial charge in [0.2, 0.25) is 5.60 Å². The zero-order chi connectivity index (χ0) is 30.9. The maximum atomic E-state index is 14.3. The topological polar surface area (TPSA) is 73.6 Å². The molecule has 3 aromatic carbocycles. The Bertz CT molecular complexity index is 1200. The molecule has 2 unspecified atom stereocenters. The monoisotopic (exact) mass is 600 g/mol. The number of halogens is 3.